The summed E-state index contributed by atoms with van der Waals surface area (Å²) in [5, 5.41) is 3.18. The van der Waals surface area contributed by atoms with Crippen LogP contribution in [0.4, 0.5) is 16.6 Å². The van der Waals surface area contributed by atoms with Gasteiger partial charge in [0.1, 0.15) is 11.9 Å². The van der Waals surface area contributed by atoms with Crippen LogP contribution in [-0.4, -0.2) is 27.7 Å². The molecule has 2 aromatic rings. The number of aromatic nitrogens is 2. The van der Waals surface area contributed by atoms with Crippen molar-refractivity contribution in [3.8, 4) is 0 Å². The quantitative estimate of drug-likeness (QED) is 0.939. The molecule has 3 rings (SSSR count). The number of carbonyl (C=O) groups is 1. The predicted molar refractivity (Wildman–Crippen MR) is 88.3 cm³/mol. The van der Waals surface area contributed by atoms with E-state index in [2.05, 4.69) is 15.3 Å². The molecule has 1 aromatic carbocycles. The Morgan fingerprint density at radius 3 is 2.65 bits per heavy atom. The molecule has 23 heavy (non-hydrogen) atoms. The van der Waals surface area contributed by atoms with Gasteiger partial charge in [0, 0.05) is 12.7 Å². The molecule has 1 atom stereocenters. The van der Waals surface area contributed by atoms with Crippen molar-refractivity contribution in [2.24, 2.45) is 0 Å². The first-order chi connectivity index (χ1) is 11.0. The van der Waals surface area contributed by atoms with Crippen LogP contribution in [0.2, 0.25) is 0 Å². The second-order valence-electron chi connectivity index (χ2n) is 6.09. The monoisotopic (exact) mass is 312 g/mol. The number of carbonyl (C=O) groups excluding carboxylic acids is 1. The Hall–Kier alpha value is -2.63. The number of ether oxygens (including phenoxy) is 1. The average molecular weight is 312 g/mol. The van der Waals surface area contributed by atoms with Gasteiger partial charge < -0.3 is 10.1 Å². The van der Waals surface area contributed by atoms with Crippen LogP contribution < -0.4 is 10.2 Å². The van der Waals surface area contributed by atoms with Gasteiger partial charge >= 0.3 is 6.09 Å². The first kappa shape index (κ1) is 15.3. The summed E-state index contributed by atoms with van der Waals surface area (Å²) >= 11 is 0. The Labute approximate surface area is 135 Å². The third-order valence-corrected chi connectivity index (χ3v) is 4.19. The molecule has 0 bridgehead atoms. The molecule has 1 fully saturated rings. The highest BCUT2D eigenvalue weighted by Gasteiger charge is 2.47. The highest BCUT2D eigenvalue weighted by molar-refractivity contribution is 5.90. The van der Waals surface area contributed by atoms with Crippen LogP contribution >= 0.6 is 0 Å². The van der Waals surface area contributed by atoms with Crippen molar-refractivity contribution in [2.45, 2.75) is 39.0 Å². The molecule has 0 aliphatic carbocycles. The molecule has 1 saturated heterocycles. The number of benzene rings is 1. The van der Waals surface area contributed by atoms with Crippen LogP contribution in [0.5, 0.6) is 0 Å². The van der Waals surface area contributed by atoms with E-state index < -0.39 is 5.54 Å². The zero-order valence-corrected chi connectivity index (χ0v) is 13.5. The van der Waals surface area contributed by atoms with Crippen molar-refractivity contribution in [2.75, 3.05) is 10.2 Å². The summed E-state index contributed by atoms with van der Waals surface area (Å²) in [7, 11) is 0. The molecular weight excluding hydrogens is 292 g/mol. The molecule has 1 aliphatic heterocycles. The van der Waals surface area contributed by atoms with E-state index in [0.717, 1.165) is 5.56 Å². The SMILES string of the molecule is CC1OC(=O)N(c2ccnc(NCc3ccccc3)n2)C1(C)C. The van der Waals surface area contributed by atoms with E-state index in [1.165, 1.54) is 0 Å². The summed E-state index contributed by atoms with van der Waals surface area (Å²) in [6.07, 6.45) is 1.06. The fourth-order valence-corrected chi connectivity index (χ4v) is 2.49. The van der Waals surface area contributed by atoms with Gasteiger partial charge in [0.2, 0.25) is 5.95 Å². The number of nitrogens with zero attached hydrogens (tertiary/aromatic N) is 3. The highest BCUT2D eigenvalue weighted by Crippen LogP contribution is 2.33. The van der Waals surface area contributed by atoms with E-state index in [1.807, 2.05) is 51.1 Å². The van der Waals surface area contributed by atoms with Gasteiger partial charge in [-0.1, -0.05) is 30.3 Å². The van der Waals surface area contributed by atoms with Crippen LogP contribution in [-0.2, 0) is 11.3 Å². The summed E-state index contributed by atoms with van der Waals surface area (Å²) in [6, 6.07) is 11.7. The Balaban J connectivity index is 1.79. The maximum Gasteiger partial charge on any atom is 0.416 e. The number of cyclic esters (lactones) is 1. The predicted octanol–water partition coefficient (Wildman–Crippen LogP) is 3.21. The van der Waals surface area contributed by atoms with E-state index in [-0.39, 0.29) is 12.2 Å². The minimum atomic E-state index is -0.456. The number of nitrogens with one attached hydrogen (secondary N) is 1. The number of rotatable bonds is 4. The van der Waals surface area contributed by atoms with Crippen molar-refractivity contribution in [1.29, 1.82) is 0 Å². The van der Waals surface area contributed by atoms with Crippen LogP contribution in [0, 0.1) is 0 Å². The third kappa shape index (κ3) is 2.97. The van der Waals surface area contributed by atoms with Crippen molar-refractivity contribution in [1.82, 2.24) is 9.97 Å². The topological polar surface area (TPSA) is 67.3 Å². The Morgan fingerprint density at radius 2 is 2.00 bits per heavy atom. The number of hydrogen-bond acceptors (Lipinski definition) is 5. The third-order valence-electron chi connectivity index (χ3n) is 4.19. The van der Waals surface area contributed by atoms with Gasteiger partial charge in [-0.2, -0.15) is 4.98 Å². The van der Waals surface area contributed by atoms with Crippen molar-refractivity contribution in [3.63, 3.8) is 0 Å². The normalized spacial score (nSPS) is 19.5. The van der Waals surface area contributed by atoms with E-state index >= 15 is 0 Å². The molecule has 1 unspecified atom stereocenters. The number of hydrogen-bond donors (Lipinski definition) is 1. The zero-order valence-electron chi connectivity index (χ0n) is 13.5. The van der Waals surface area contributed by atoms with Crippen LogP contribution in [0.3, 0.4) is 0 Å². The van der Waals surface area contributed by atoms with Crippen molar-refractivity contribution >= 4 is 17.9 Å². The molecule has 0 saturated carbocycles. The molecule has 1 amide bonds. The van der Waals surface area contributed by atoms with E-state index in [0.29, 0.717) is 18.3 Å². The summed E-state index contributed by atoms with van der Waals surface area (Å²) in [5.74, 6) is 1.02. The first-order valence-corrected chi connectivity index (χ1v) is 7.60. The highest BCUT2D eigenvalue weighted by atomic mass is 16.6. The van der Waals surface area contributed by atoms with Crippen LogP contribution in [0.25, 0.3) is 0 Å². The van der Waals surface area contributed by atoms with Gasteiger partial charge in [0.15, 0.2) is 0 Å². The lowest BCUT2D eigenvalue weighted by Crippen LogP contribution is -2.45. The molecular formula is C17H20N4O2. The lowest BCUT2D eigenvalue weighted by molar-refractivity contribution is 0.129. The Morgan fingerprint density at radius 1 is 1.26 bits per heavy atom. The average Bonchev–Trinajstić information content (AvgIpc) is 2.74. The first-order valence-electron chi connectivity index (χ1n) is 7.60. The van der Waals surface area contributed by atoms with Crippen molar-refractivity contribution in [3.05, 3.63) is 48.2 Å². The van der Waals surface area contributed by atoms with Crippen LogP contribution in [0.1, 0.15) is 26.3 Å². The minimum absolute atomic E-state index is 0.203. The Bertz CT molecular complexity index is 703. The standard InChI is InChI=1S/C17H20N4O2/c1-12-17(2,3)21(16(22)23-12)14-9-10-18-15(20-14)19-11-13-7-5-4-6-8-13/h4-10,12H,11H2,1-3H3,(H,18,19,20). The fourth-order valence-electron chi connectivity index (χ4n) is 2.49. The van der Waals surface area contributed by atoms with E-state index in [4.69, 9.17) is 4.74 Å². The van der Waals surface area contributed by atoms with Gasteiger partial charge in [0.25, 0.3) is 0 Å². The van der Waals surface area contributed by atoms with Crippen LogP contribution in [0.15, 0.2) is 42.6 Å². The minimum Gasteiger partial charge on any atom is -0.444 e. The molecule has 0 spiro atoms. The lowest BCUT2D eigenvalue weighted by Gasteiger charge is -2.29. The molecule has 2 heterocycles. The molecule has 120 valence electrons. The summed E-state index contributed by atoms with van der Waals surface area (Å²) in [5.41, 5.74) is 0.679. The van der Waals surface area contributed by atoms with Crippen molar-refractivity contribution < 1.29 is 9.53 Å². The number of anilines is 2. The fraction of sp³-hybridized carbons (Fsp3) is 0.353. The largest absolute Gasteiger partial charge is 0.444 e. The summed E-state index contributed by atoms with van der Waals surface area (Å²) in [4.78, 5) is 22.4. The van der Waals surface area contributed by atoms with Gasteiger partial charge in [0.05, 0.1) is 5.54 Å². The molecule has 1 aromatic heterocycles. The Kier molecular flexibility index (Phi) is 3.90. The van der Waals surface area contributed by atoms with E-state index in [1.54, 1.807) is 17.2 Å². The molecule has 6 nitrogen and oxygen atoms in total. The second kappa shape index (κ2) is 5.87. The summed E-state index contributed by atoms with van der Waals surface area (Å²) in [6.45, 7) is 6.42. The second-order valence-corrected chi connectivity index (χ2v) is 6.09. The van der Waals surface area contributed by atoms with Gasteiger partial charge in [-0.05, 0) is 32.4 Å². The van der Waals surface area contributed by atoms with E-state index in [9.17, 15) is 4.79 Å². The number of amides is 1. The van der Waals surface area contributed by atoms with Gasteiger partial charge in [-0.15, -0.1) is 0 Å². The zero-order chi connectivity index (χ0) is 16.4. The summed E-state index contributed by atoms with van der Waals surface area (Å²) < 4.78 is 5.32. The smallest absolute Gasteiger partial charge is 0.416 e. The maximum atomic E-state index is 12.1. The molecule has 1 N–H and O–H groups in total. The lowest BCUT2D eigenvalue weighted by atomic mass is 9.98. The molecule has 6 heteroatoms. The molecule has 1 aliphatic rings. The maximum absolute atomic E-state index is 12.1. The van der Waals surface area contributed by atoms with Gasteiger partial charge in [-0.25, -0.2) is 9.78 Å². The van der Waals surface area contributed by atoms with Gasteiger partial charge in [-0.3, -0.25) is 4.90 Å². The molecule has 0 radical (unpaired) electrons.